The number of halogens is 3. The van der Waals surface area contributed by atoms with E-state index in [4.69, 9.17) is 0 Å². The summed E-state index contributed by atoms with van der Waals surface area (Å²) in [7, 11) is 0. The number of nitrogens with one attached hydrogen (secondary N) is 1. The molecule has 7 heteroatoms. The minimum Gasteiger partial charge on any atom is -0.363 e. The predicted molar refractivity (Wildman–Crippen MR) is 114 cm³/mol. The van der Waals surface area contributed by atoms with Crippen molar-refractivity contribution in [3.8, 4) is 0 Å². The summed E-state index contributed by atoms with van der Waals surface area (Å²) in [5, 5.41) is 3.99. The van der Waals surface area contributed by atoms with Crippen LogP contribution in [0, 0.1) is 6.92 Å². The number of alkyl halides is 3. The van der Waals surface area contributed by atoms with E-state index >= 15 is 0 Å². The van der Waals surface area contributed by atoms with E-state index in [0.29, 0.717) is 24.3 Å². The lowest BCUT2D eigenvalue weighted by Gasteiger charge is -2.19. The van der Waals surface area contributed by atoms with Crippen LogP contribution in [-0.4, -0.2) is 12.1 Å². The van der Waals surface area contributed by atoms with Crippen molar-refractivity contribution >= 4 is 17.8 Å². The van der Waals surface area contributed by atoms with Gasteiger partial charge in [0.25, 0.3) is 5.91 Å². The molecule has 0 spiro atoms. The molecule has 0 atom stereocenters. The van der Waals surface area contributed by atoms with Crippen molar-refractivity contribution in [1.29, 1.82) is 0 Å². The lowest BCUT2D eigenvalue weighted by molar-refractivity contribution is -0.137. The Morgan fingerprint density at radius 3 is 2.48 bits per heavy atom. The van der Waals surface area contributed by atoms with E-state index in [1.807, 2.05) is 42.2 Å². The maximum atomic E-state index is 13.0. The van der Waals surface area contributed by atoms with Crippen LogP contribution in [0.3, 0.4) is 0 Å². The Hall–Kier alpha value is -3.61. The highest BCUT2D eigenvalue weighted by molar-refractivity contribution is 5.95. The number of hydrogen-bond donors (Lipinski definition) is 1. The maximum Gasteiger partial charge on any atom is 0.416 e. The zero-order chi connectivity index (χ0) is 22.0. The van der Waals surface area contributed by atoms with Crippen LogP contribution in [0.1, 0.15) is 38.2 Å². The van der Waals surface area contributed by atoms with Crippen LogP contribution in [-0.2, 0) is 19.3 Å². The van der Waals surface area contributed by atoms with Crippen LogP contribution in [0.4, 0.5) is 18.9 Å². The van der Waals surface area contributed by atoms with Gasteiger partial charge in [0, 0.05) is 24.3 Å². The van der Waals surface area contributed by atoms with Gasteiger partial charge in [-0.1, -0.05) is 42.0 Å². The molecule has 0 aromatic heterocycles. The number of fused-ring (bicyclic) bond motifs is 1. The van der Waals surface area contributed by atoms with Crippen LogP contribution in [0.15, 0.2) is 71.8 Å². The second-order valence-corrected chi connectivity index (χ2v) is 7.50. The Balaban J connectivity index is 1.44. The van der Waals surface area contributed by atoms with Gasteiger partial charge in [-0.3, -0.25) is 4.79 Å². The molecule has 0 saturated heterocycles. The zero-order valence-electron chi connectivity index (χ0n) is 16.8. The van der Waals surface area contributed by atoms with Gasteiger partial charge in [0.2, 0.25) is 0 Å². The summed E-state index contributed by atoms with van der Waals surface area (Å²) in [5.41, 5.74) is 6.69. The van der Waals surface area contributed by atoms with Crippen molar-refractivity contribution in [3.63, 3.8) is 0 Å². The second kappa shape index (κ2) is 8.26. The van der Waals surface area contributed by atoms with Crippen molar-refractivity contribution in [3.05, 3.63) is 100 Å². The van der Waals surface area contributed by atoms with Crippen molar-refractivity contribution in [2.24, 2.45) is 5.10 Å². The van der Waals surface area contributed by atoms with Gasteiger partial charge in [-0.15, -0.1) is 0 Å². The minimum atomic E-state index is -4.38. The number of carbonyl (C=O) groups excluding carboxylic acids is 1. The molecule has 1 N–H and O–H groups in total. The van der Waals surface area contributed by atoms with Crippen LogP contribution in [0.5, 0.6) is 0 Å². The molecule has 1 amide bonds. The van der Waals surface area contributed by atoms with Gasteiger partial charge >= 0.3 is 6.18 Å². The number of anilines is 1. The molecule has 158 valence electrons. The molecular formula is C24H20F3N3O. The molecule has 0 aliphatic carbocycles. The Labute approximate surface area is 178 Å². The summed E-state index contributed by atoms with van der Waals surface area (Å²) >= 11 is 0. The number of hydrogen-bond acceptors (Lipinski definition) is 3. The molecule has 0 radical (unpaired) electrons. The van der Waals surface area contributed by atoms with E-state index in [-0.39, 0.29) is 5.91 Å². The number of benzene rings is 3. The van der Waals surface area contributed by atoms with Gasteiger partial charge in [-0.25, -0.2) is 5.43 Å². The maximum absolute atomic E-state index is 13.0. The van der Waals surface area contributed by atoms with Crippen LogP contribution in [0.2, 0.25) is 0 Å². The molecule has 1 heterocycles. The quantitative estimate of drug-likeness (QED) is 0.457. The molecule has 1 aliphatic rings. The lowest BCUT2D eigenvalue weighted by atomic mass is 10.1. The minimum absolute atomic E-state index is 0.344. The number of hydrazone groups is 1. The molecule has 0 saturated carbocycles. The fourth-order valence-electron chi connectivity index (χ4n) is 3.48. The largest absolute Gasteiger partial charge is 0.416 e. The Kier molecular flexibility index (Phi) is 5.50. The first-order valence-corrected chi connectivity index (χ1v) is 9.74. The van der Waals surface area contributed by atoms with E-state index in [0.717, 1.165) is 34.4 Å². The average Bonchev–Trinajstić information content (AvgIpc) is 3.18. The normalized spacial score (nSPS) is 13.5. The van der Waals surface area contributed by atoms with Crippen LogP contribution >= 0.6 is 0 Å². The van der Waals surface area contributed by atoms with Crippen molar-refractivity contribution in [2.75, 3.05) is 4.90 Å². The summed E-state index contributed by atoms with van der Waals surface area (Å²) < 4.78 is 39.0. The molecule has 0 unspecified atom stereocenters. The molecule has 0 fully saturated rings. The fourth-order valence-corrected chi connectivity index (χ4v) is 3.48. The fraction of sp³-hybridized carbons (Fsp3) is 0.167. The zero-order valence-corrected chi connectivity index (χ0v) is 16.8. The first-order valence-electron chi connectivity index (χ1n) is 9.74. The van der Waals surface area contributed by atoms with Crippen molar-refractivity contribution < 1.29 is 18.0 Å². The van der Waals surface area contributed by atoms with Crippen LogP contribution in [0.25, 0.3) is 0 Å². The highest BCUT2D eigenvalue weighted by atomic mass is 19.4. The highest BCUT2D eigenvalue weighted by Crippen LogP contribution is 2.34. The van der Waals surface area contributed by atoms with Gasteiger partial charge in [0.15, 0.2) is 0 Å². The number of nitrogens with zero attached hydrogens (tertiary/aromatic N) is 2. The molecule has 31 heavy (non-hydrogen) atoms. The average molecular weight is 423 g/mol. The SMILES string of the molecule is Cc1ccc(/C=N/NC(=O)c2ccc3c(c2)CN(c2cccc(C(F)(F)F)c2)C3)cc1. The first kappa shape index (κ1) is 20.7. The molecular weight excluding hydrogens is 403 g/mol. The number of rotatable bonds is 4. The van der Waals surface area contributed by atoms with Gasteiger partial charge in [-0.2, -0.15) is 18.3 Å². The molecule has 4 rings (SSSR count). The Morgan fingerprint density at radius 1 is 1.00 bits per heavy atom. The molecule has 4 nitrogen and oxygen atoms in total. The van der Waals surface area contributed by atoms with Crippen molar-refractivity contribution in [1.82, 2.24) is 5.43 Å². The monoisotopic (exact) mass is 423 g/mol. The third-order valence-corrected chi connectivity index (χ3v) is 5.19. The van der Waals surface area contributed by atoms with E-state index in [1.54, 1.807) is 24.4 Å². The standard InChI is InChI=1S/C24H20F3N3O/c1-16-5-7-17(8-6-16)13-28-29-23(31)18-9-10-19-14-30(15-20(19)11-18)22-4-2-3-21(12-22)24(25,26)27/h2-13H,14-15H2,1H3,(H,29,31)/b28-13+. The van der Waals surface area contributed by atoms with E-state index in [9.17, 15) is 18.0 Å². The molecule has 3 aromatic carbocycles. The molecule has 3 aromatic rings. The summed E-state index contributed by atoms with van der Waals surface area (Å²) in [6.45, 7) is 2.92. The molecule has 1 aliphatic heterocycles. The van der Waals surface area contributed by atoms with E-state index < -0.39 is 11.7 Å². The topological polar surface area (TPSA) is 44.7 Å². The third kappa shape index (κ3) is 4.77. The number of amides is 1. The number of carbonyl (C=O) groups is 1. The molecule has 0 bridgehead atoms. The lowest BCUT2D eigenvalue weighted by Crippen LogP contribution is -2.18. The second-order valence-electron chi connectivity index (χ2n) is 7.50. The summed E-state index contributed by atoms with van der Waals surface area (Å²) in [5.74, 6) is -0.344. The van der Waals surface area contributed by atoms with Gasteiger partial charge in [0.05, 0.1) is 11.8 Å². The van der Waals surface area contributed by atoms with E-state index in [1.165, 1.54) is 6.07 Å². The smallest absolute Gasteiger partial charge is 0.363 e. The third-order valence-electron chi connectivity index (χ3n) is 5.19. The Morgan fingerprint density at radius 2 is 1.74 bits per heavy atom. The first-order chi connectivity index (χ1) is 14.8. The number of aryl methyl sites for hydroxylation is 1. The Bertz CT molecular complexity index is 1140. The predicted octanol–water partition coefficient (Wildman–Crippen LogP) is 5.30. The van der Waals surface area contributed by atoms with Gasteiger partial charge in [0.1, 0.15) is 0 Å². The summed E-state index contributed by atoms with van der Waals surface area (Å²) in [6, 6.07) is 18.3. The summed E-state index contributed by atoms with van der Waals surface area (Å²) in [4.78, 5) is 14.3. The summed E-state index contributed by atoms with van der Waals surface area (Å²) in [6.07, 6.45) is -2.81. The van der Waals surface area contributed by atoms with Crippen LogP contribution < -0.4 is 10.3 Å². The van der Waals surface area contributed by atoms with E-state index in [2.05, 4.69) is 10.5 Å². The highest BCUT2D eigenvalue weighted by Gasteiger charge is 2.31. The van der Waals surface area contributed by atoms with Gasteiger partial charge in [-0.05, 0) is 53.9 Å². The van der Waals surface area contributed by atoms with Gasteiger partial charge < -0.3 is 4.90 Å². The van der Waals surface area contributed by atoms with Crippen molar-refractivity contribution in [2.45, 2.75) is 26.2 Å².